The third-order valence-corrected chi connectivity index (χ3v) is 6.67. The summed E-state index contributed by atoms with van der Waals surface area (Å²) in [6.07, 6.45) is 2.00. The molecule has 1 aromatic carbocycles. The fourth-order valence-electron chi connectivity index (χ4n) is 2.21. The molecule has 0 saturated heterocycles. The van der Waals surface area contributed by atoms with Crippen molar-refractivity contribution < 1.29 is 13.2 Å². The fraction of sp³-hybridized carbons (Fsp3) is 0.353. The molecule has 0 aliphatic heterocycles. The van der Waals surface area contributed by atoms with Gasteiger partial charge in [-0.2, -0.15) is 0 Å². The Morgan fingerprint density at radius 3 is 2.46 bits per heavy atom. The maximum atomic E-state index is 12.5. The van der Waals surface area contributed by atoms with Gasteiger partial charge in [0.2, 0.25) is 5.91 Å². The van der Waals surface area contributed by atoms with Gasteiger partial charge >= 0.3 is 0 Å². The Hall–Kier alpha value is -1.86. The van der Waals surface area contributed by atoms with Crippen molar-refractivity contribution in [1.82, 2.24) is 0 Å². The van der Waals surface area contributed by atoms with E-state index in [2.05, 4.69) is 10.0 Å². The normalized spacial score (nSPS) is 11.3. The predicted octanol–water partition coefficient (Wildman–Crippen LogP) is 4.16. The van der Waals surface area contributed by atoms with Crippen molar-refractivity contribution in [3.05, 3.63) is 40.8 Å². The highest BCUT2D eigenvalue weighted by atomic mass is 32.2. The molecule has 2 N–H and O–H groups in total. The van der Waals surface area contributed by atoms with E-state index in [1.807, 2.05) is 19.9 Å². The van der Waals surface area contributed by atoms with Crippen LogP contribution in [0.15, 0.2) is 34.5 Å². The minimum absolute atomic E-state index is 0.0774. The van der Waals surface area contributed by atoms with E-state index in [0.717, 1.165) is 17.7 Å². The molecule has 2 aromatic rings. The van der Waals surface area contributed by atoms with Gasteiger partial charge < -0.3 is 5.32 Å². The van der Waals surface area contributed by atoms with Crippen molar-refractivity contribution in [1.29, 1.82) is 0 Å². The summed E-state index contributed by atoms with van der Waals surface area (Å²) in [6, 6.07) is 8.62. The van der Waals surface area contributed by atoms with Gasteiger partial charge in [0.1, 0.15) is 4.21 Å². The van der Waals surface area contributed by atoms with Crippen molar-refractivity contribution in [3.8, 4) is 0 Å². The number of hydrogen-bond donors (Lipinski definition) is 2. The lowest BCUT2D eigenvalue weighted by Gasteiger charge is -2.14. The Labute approximate surface area is 147 Å². The summed E-state index contributed by atoms with van der Waals surface area (Å²) in [5.74, 6) is -0.0774. The van der Waals surface area contributed by atoms with E-state index in [0.29, 0.717) is 27.6 Å². The zero-order chi connectivity index (χ0) is 17.7. The number of nitrogens with one attached hydrogen (secondary N) is 2. The van der Waals surface area contributed by atoms with Crippen LogP contribution in [0, 0.1) is 6.92 Å². The Morgan fingerprint density at radius 1 is 1.12 bits per heavy atom. The van der Waals surface area contributed by atoms with Crippen LogP contribution in [0.5, 0.6) is 0 Å². The third kappa shape index (κ3) is 4.36. The highest BCUT2D eigenvalue weighted by Gasteiger charge is 2.18. The molecule has 24 heavy (non-hydrogen) atoms. The van der Waals surface area contributed by atoms with Crippen molar-refractivity contribution in [2.75, 3.05) is 10.0 Å². The molecule has 7 heteroatoms. The summed E-state index contributed by atoms with van der Waals surface area (Å²) in [7, 11) is -3.62. The molecule has 0 atom stereocenters. The first-order valence-electron chi connectivity index (χ1n) is 7.88. The summed E-state index contributed by atoms with van der Waals surface area (Å²) < 4.78 is 28.0. The van der Waals surface area contributed by atoms with E-state index >= 15 is 0 Å². The van der Waals surface area contributed by atoms with Gasteiger partial charge in [-0.05, 0) is 49.6 Å². The van der Waals surface area contributed by atoms with Gasteiger partial charge in [-0.15, -0.1) is 11.3 Å². The van der Waals surface area contributed by atoms with Gasteiger partial charge in [-0.3, -0.25) is 9.52 Å². The van der Waals surface area contributed by atoms with Crippen molar-refractivity contribution >= 4 is 38.6 Å². The Balaban J connectivity index is 2.24. The number of thiophene rings is 1. The highest BCUT2D eigenvalue weighted by Crippen LogP contribution is 2.28. The lowest BCUT2D eigenvalue weighted by Crippen LogP contribution is -2.15. The standard InChI is InChI=1S/C17H22N2O3S2/c1-4-7-16(20)18-14-8-6-9-15(12(14)3)19-24(21,22)17-11-10-13(5-2)23-17/h6,8-11,19H,4-5,7H2,1-3H3,(H,18,20). The van der Waals surface area contributed by atoms with Crippen LogP contribution in [-0.4, -0.2) is 14.3 Å². The number of anilines is 2. The quantitative estimate of drug-likeness (QED) is 0.772. The van der Waals surface area contributed by atoms with Gasteiger partial charge in [0, 0.05) is 17.0 Å². The molecule has 0 aliphatic carbocycles. The number of amides is 1. The van der Waals surface area contributed by atoms with Gasteiger partial charge in [0.05, 0.1) is 5.69 Å². The van der Waals surface area contributed by atoms with E-state index in [1.54, 1.807) is 31.2 Å². The monoisotopic (exact) mass is 366 g/mol. The zero-order valence-corrected chi connectivity index (χ0v) is 15.7. The smallest absolute Gasteiger partial charge is 0.271 e. The second-order valence-electron chi connectivity index (χ2n) is 5.46. The molecular formula is C17H22N2O3S2. The Kier molecular flexibility index (Phi) is 6.01. The number of carbonyl (C=O) groups excluding carboxylic acids is 1. The summed E-state index contributed by atoms with van der Waals surface area (Å²) in [5.41, 5.74) is 1.78. The number of rotatable bonds is 7. The maximum absolute atomic E-state index is 12.5. The molecule has 1 amide bonds. The van der Waals surface area contributed by atoms with E-state index < -0.39 is 10.0 Å². The molecule has 0 aliphatic rings. The van der Waals surface area contributed by atoms with Crippen molar-refractivity contribution in [3.63, 3.8) is 0 Å². The van der Waals surface area contributed by atoms with Crippen molar-refractivity contribution in [2.45, 2.75) is 44.2 Å². The second-order valence-corrected chi connectivity index (χ2v) is 8.53. The predicted molar refractivity (Wildman–Crippen MR) is 99.2 cm³/mol. The molecule has 1 aromatic heterocycles. The lowest BCUT2D eigenvalue weighted by molar-refractivity contribution is -0.116. The van der Waals surface area contributed by atoms with Crippen LogP contribution in [0.2, 0.25) is 0 Å². The van der Waals surface area contributed by atoms with Gasteiger partial charge in [0.25, 0.3) is 10.0 Å². The highest BCUT2D eigenvalue weighted by molar-refractivity contribution is 7.94. The molecule has 0 radical (unpaired) electrons. The Morgan fingerprint density at radius 2 is 1.83 bits per heavy atom. The number of sulfonamides is 1. The van der Waals surface area contributed by atoms with Gasteiger partial charge in [-0.1, -0.05) is 19.9 Å². The summed E-state index contributed by atoms with van der Waals surface area (Å²) in [5, 5.41) is 2.82. The summed E-state index contributed by atoms with van der Waals surface area (Å²) in [4.78, 5) is 12.8. The number of benzene rings is 1. The molecular weight excluding hydrogens is 344 g/mol. The first-order chi connectivity index (χ1) is 11.4. The molecule has 0 bridgehead atoms. The van der Waals surface area contributed by atoms with Crippen LogP contribution in [0.4, 0.5) is 11.4 Å². The molecule has 0 saturated carbocycles. The first kappa shape index (κ1) is 18.5. The van der Waals surface area contributed by atoms with Crippen LogP contribution >= 0.6 is 11.3 Å². The second kappa shape index (κ2) is 7.81. The minimum Gasteiger partial charge on any atom is -0.326 e. The SMILES string of the molecule is CCCC(=O)Nc1cccc(NS(=O)(=O)c2ccc(CC)s2)c1C. The third-order valence-electron chi connectivity index (χ3n) is 3.58. The molecule has 5 nitrogen and oxygen atoms in total. The number of hydrogen-bond acceptors (Lipinski definition) is 4. The van der Waals surface area contributed by atoms with E-state index in [9.17, 15) is 13.2 Å². The van der Waals surface area contributed by atoms with Gasteiger partial charge in [0.15, 0.2) is 0 Å². The maximum Gasteiger partial charge on any atom is 0.271 e. The van der Waals surface area contributed by atoms with E-state index in [4.69, 9.17) is 0 Å². The van der Waals surface area contributed by atoms with Gasteiger partial charge in [-0.25, -0.2) is 8.42 Å². The zero-order valence-electron chi connectivity index (χ0n) is 14.0. The molecule has 2 rings (SSSR count). The fourth-order valence-corrected chi connectivity index (χ4v) is 4.63. The topological polar surface area (TPSA) is 75.3 Å². The minimum atomic E-state index is -3.62. The summed E-state index contributed by atoms with van der Waals surface area (Å²) >= 11 is 1.27. The largest absolute Gasteiger partial charge is 0.326 e. The van der Waals surface area contributed by atoms with Crippen molar-refractivity contribution in [2.24, 2.45) is 0 Å². The first-order valence-corrected chi connectivity index (χ1v) is 10.2. The average Bonchev–Trinajstić information content (AvgIpc) is 3.01. The van der Waals surface area contributed by atoms with Crippen LogP contribution in [0.25, 0.3) is 0 Å². The molecule has 0 spiro atoms. The van der Waals surface area contributed by atoms with E-state index in [-0.39, 0.29) is 5.91 Å². The molecule has 130 valence electrons. The lowest BCUT2D eigenvalue weighted by atomic mass is 10.1. The van der Waals surface area contributed by atoms with Crippen LogP contribution < -0.4 is 10.0 Å². The Bertz CT molecular complexity index is 826. The molecule has 0 unspecified atom stereocenters. The molecule has 1 heterocycles. The number of aryl methyl sites for hydroxylation is 1. The average molecular weight is 367 g/mol. The molecule has 0 fully saturated rings. The number of carbonyl (C=O) groups is 1. The van der Waals surface area contributed by atoms with Crippen LogP contribution in [-0.2, 0) is 21.2 Å². The summed E-state index contributed by atoms with van der Waals surface area (Å²) in [6.45, 7) is 5.70. The van der Waals surface area contributed by atoms with E-state index in [1.165, 1.54) is 11.3 Å². The van der Waals surface area contributed by atoms with Crippen LogP contribution in [0.3, 0.4) is 0 Å². The van der Waals surface area contributed by atoms with Crippen LogP contribution in [0.1, 0.15) is 37.1 Å².